The van der Waals surface area contributed by atoms with Crippen LogP contribution < -0.4 is 9.47 Å². The van der Waals surface area contributed by atoms with Crippen LogP contribution >= 0.6 is 0 Å². The predicted octanol–water partition coefficient (Wildman–Crippen LogP) is 4.52. The summed E-state index contributed by atoms with van der Waals surface area (Å²) in [5.74, 6) is -0.289. The Morgan fingerprint density at radius 3 is 2.44 bits per heavy atom. The Hall–Kier alpha value is -4.39. The molecule has 0 unspecified atom stereocenters. The molecule has 0 atom stereocenters. The first-order valence-corrected chi connectivity index (χ1v) is 10.5. The molecular weight excluding hydrogens is 436 g/mol. The minimum absolute atomic E-state index is 0.156. The van der Waals surface area contributed by atoms with Crippen LogP contribution in [0, 0.1) is 6.92 Å². The Morgan fingerprint density at radius 2 is 1.74 bits per heavy atom. The number of esters is 2. The molecule has 4 rings (SSSR count). The summed E-state index contributed by atoms with van der Waals surface area (Å²) in [6.07, 6.45) is 1.60. The molecule has 0 aromatic heterocycles. The first-order chi connectivity index (χ1) is 16.4. The quantitative estimate of drug-likeness (QED) is 0.380. The lowest BCUT2D eigenvalue weighted by Crippen LogP contribution is -2.14. The zero-order valence-electron chi connectivity index (χ0n) is 18.7. The van der Waals surface area contributed by atoms with E-state index in [0.717, 1.165) is 5.56 Å². The lowest BCUT2D eigenvalue weighted by Gasteiger charge is -2.09. The maximum atomic E-state index is 12.9. The highest BCUT2D eigenvalue weighted by atomic mass is 16.6. The van der Waals surface area contributed by atoms with Crippen molar-refractivity contribution >= 4 is 23.8 Å². The number of benzene rings is 3. The van der Waals surface area contributed by atoms with Crippen molar-refractivity contribution in [1.29, 1.82) is 0 Å². The zero-order chi connectivity index (χ0) is 24.1. The van der Waals surface area contributed by atoms with Crippen LogP contribution in [0.25, 0.3) is 6.08 Å². The van der Waals surface area contributed by atoms with Crippen molar-refractivity contribution in [3.8, 4) is 11.5 Å². The van der Waals surface area contributed by atoms with Crippen LogP contribution in [0.5, 0.6) is 11.5 Å². The molecule has 0 amide bonds. The highest BCUT2D eigenvalue weighted by molar-refractivity contribution is 6.15. The molecule has 3 aromatic carbocycles. The van der Waals surface area contributed by atoms with Gasteiger partial charge in [-0.1, -0.05) is 42.5 Å². The molecule has 0 N–H and O–H groups in total. The van der Waals surface area contributed by atoms with E-state index in [1.165, 1.54) is 7.11 Å². The van der Waals surface area contributed by atoms with Crippen LogP contribution in [0.3, 0.4) is 0 Å². The van der Waals surface area contributed by atoms with E-state index in [1.54, 1.807) is 49.4 Å². The van der Waals surface area contributed by atoms with Gasteiger partial charge in [-0.15, -0.1) is 0 Å². The lowest BCUT2D eigenvalue weighted by molar-refractivity contribution is -0.147. The Morgan fingerprint density at radius 1 is 1.00 bits per heavy atom. The summed E-state index contributed by atoms with van der Waals surface area (Å²) in [6, 6.07) is 19.2. The fraction of sp³-hybridized carbons (Fsp3) is 0.148. The van der Waals surface area contributed by atoms with E-state index >= 15 is 0 Å². The van der Waals surface area contributed by atoms with Crippen LogP contribution in [0.2, 0.25) is 0 Å². The summed E-state index contributed by atoms with van der Waals surface area (Å²) in [5.41, 5.74) is 3.09. The standard InChI is InChI=1S/C27H22O7/c1-17-12-21(32-16-24(28)33-15-19-6-4-3-5-7-19)14-22-25(17)26(29)23(34-22)13-18-8-10-20(11-9-18)27(30)31-2/h3-14H,15-16H2,1-2H3/b23-13-. The molecular formula is C27H22O7. The van der Waals surface area contributed by atoms with Crippen molar-refractivity contribution in [3.05, 3.63) is 100 Å². The van der Waals surface area contributed by atoms with Gasteiger partial charge >= 0.3 is 11.9 Å². The molecule has 0 spiro atoms. The number of carbonyl (C=O) groups is 3. The third kappa shape index (κ3) is 5.15. The molecule has 0 saturated heterocycles. The van der Waals surface area contributed by atoms with Crippen molar-refractivity contribution in [2.75, 3.05) is 13.7 Å². The lowest BCUT2D eigenvalue weighted by atomic mass is 10.0. The van der Waals surface area contributed by atoms with Crippen molar-refractivity contribution in [2.24, 2.45) is 0 Å². The Kier molecular flexibility index (Phi) is 6.73. The third-order valence-corrected chi connectivity index (χ3v) is 5.17. The number of rotatable bonds is 7. The van der Waals surface area contributed by atoms with Gasteiger partial charge in [0.05, 0.1) is 18.2 Å². The third-order valence-electron chi connectivity index (χ3n) is 5.17. The first-order valence-electron chi connectivity index (χ1n) is 10.5. The SMILES string of the molecule is COC(=O)c1ccc(/C=C2\Oc3cc(OCC(=O)OCc4ccccc4)cc(C)c3C2=O)cc1. The van der Waals surface area contributed by atoms with E-state index in [1.807, 2.05) is 30.3 Å². The number of fused-ring (bicyclic) bond motifs is 1. The van der Waals surface area contributed by atoms with Gasteiger partial charge in [-0.2, -0.15) is 0 Å². The van der Waals surface area contributed by atoms with Crippen LogP contribution in [-0.2, 0) is 20.9 Å². The monoisotopic (exact) mass is 458 g/mol. The molecule has 0 aliphatic carbocycles. The molecule has 0 radical (unpaired) electrons. The van der Waals surface area contributed by atoms with Crippen molar-refractivity contribution < 1.29 is 33.3 Å². The summed E-state index contributed by atoms with van der Waals surface area (Å²) < 4.78 is 21.3. The average molecular weight is 458 g/mol. The molecule has 1 heterocycles. The molecule has 1 aliphatic heterocycles. The van der Waals surface area contributed by atoms with Gasteiger partial charge in [0.1, 0.15) is 18.1 Å². The van der Waals surface area contributed by atoms with E-state index in [9.17, 15) is 14.4 Å². The van der Waals surface area contributed by atoms with Crippen LogP contribution in [0.1, 0.15) is 37.4 Å². The Balaban J connectivity index is 1.41. The number of hydrogen-bond donors (Lipinski definition) is 0. The maximum Gasteiger partial charge on any atom is 0.344 e. The number of aryl methyl sites for hydroxylation is 1. The Labute approximate surface area is 196 Å². The number of Topliss-reactive ketones (excluding diaryl/α,β-unsaturated/α-hetero) is 1. The van der Waals surface area contributed by atoms with E-state index in [-0.39, 0.29) is 24.8 Å². The predicted molar refractivity (Wildman–Crippen MR) is 124 cm³/mol. The number of carbonyl (C=O) groups excluding carboxylic acids is 3. The summed E-state index contributed by atoms with van der Waals surface area (Å²) in [6.45, 7) is 1.67. The molecule has 0 saturated carbocycles. The number of hydrogen-bond acceptors (Lipinski definition) is 7. The smallest absolute Gasteiger partial charge is 0.344 e. The van der Waals surface area contributed by atoms with E-state index in [2.05, 4.69) is 4.74 Å². The minimum Gasteiger partial charge on any atom is -0.482 e. The van der Waals surface area contributed by atoms with E-state index in [0.29, 0.717) is 33.8 Å². The van der Waals surface area contributed by atoms with E-state index < -0.39 is 11.9 Å². The summed E-state index contributed by atoms with van der Waals surface area (Å²) in [5, 5.41) is 0. The average Bonchev–Trinajstić information content (AvgIpc) is 3.17. The number of methoxy groups -OCH3 is 1. The molecule has 0 fully saturated rings. The summed E-state index contributed by atoms with van der Waals surface area (Å²) in [4.78, 5) is 36.5. The van der Waals surface area contributed by atoms with Crippen LogP contribution in [0.4, 0.5) is 0 Å². The highest BCUT2D eigenvalue weighted by Gasteiger charge is 2.30. The van der Waals surface area contributed by atoms with Gasteiger partial charge in [-0.25, -0.2) is 9.59 Å². The van der Waals surface area contributed by atoms with Gasteiger partial charge in [0.25, 0.3) is 0 Å². The van der Waals surface area contributed by atoms with Gasteiger partial charge in [-0.3, -0.25) is 4.79 Å². The Bertz CT molecular complexity index is 1260. The normalized spacial score (nSPS) is 13.2. The molecule has 3 aromatic rings. The first kappa shape index (κ1) is 22.8. The van der Waals surface area contributed by atoms with Crippen molar-refractivity contribution in [3.63, 3.8) is 0 Å². The molecule has 7 heteroatoms. The molecule has 0 bridgehead atoms. The second-order valence-electron chi connectivity index (χ2n) is 7.60. The van der Waals surface area contributed by atoms with Gasteiger partial charge in [0, 0.05) is 6.07 Å². The largest absolute Gasteiger partial charge is 0.482 e. The summed E-state index contributed by atoms with van der Waals surface area (Å²) >= 11 is 0. The van der Waals surface area contributed by atoms with Gasteiger partial charge in [0.15, 0.2) is 12.4 Å². The fourth-order valence-electron chi connectivity index (χ4n) is 3.47. The zero-order valence-corrected chi connectivity index (χ0v) is 18.7. The second kappa shape index (κ2) is 10.0. The fourth-order valence-corrected chi connectivity index (χ4v) is 3.47. The number of allylic oxidation sites excluding steroid dienone is 1. The van der Waals surface area contributed by atoms with Gasteiger partial charge in [0.2, 0.25) is 5.78 Å². The molecule has 34 heavy (non-hydrogen) atoms. The summed E-state index contributed by atoms with van der Waals surface area (Å²) in [7, 11) is 1.31. The molecule has 172 valence electrons. The topological polar surface area (TPSA) is 88.1 Å². The van der Waals surface area contributed by atoms with Gasteiger partial charge < -0.3 is 18.9 Å². The van der Waals surface area contributed by atoms with Crippen LogP contribution in [-0.4, -0.2) is 31.4 Å². The molecule has 7 nitrogen and oxygen atoms in total. The highest BCUT2D eigenvalue weighted by Crippen LogP contribution is 2.37. The van der Waals surface area contributed by atoms with Crippen molar-refractivity contribution in [2.45, 2.75) is 13.5 Å². The second-order valence-corrected chi connectivity index (χ2v) is 7.60. The van der Waals surface area contributed by atoms with E-state index in [4.69, 9.17) is 14.2 Å². The minimum atomic E-state index is -0.505. The van der Waals surface area contributed by atoms with Gasteiger partial charge in [-0.05, 0) is 47.9 Å². The maximum absolute atomic E-state index is 12.9. The molecule has 1 aliphatic rings. The number of ketones is 1. The number of ether oxygens (including phenoxy) is 4. The van der Waals surface area contributed by atoms with Crippen molar-refractivity contribution in [1.82, 2.24) is 0 Å². The van der Waals surface area contributed by atoms with Crippen LogP contribution in [0.15, 0.2) is 72.5 Å².